The quantitative estimate of drug-likeness (QED) is 0.886. The van der Waals surface area contributed by atoms with E-state index >= 15 is 0 Å². The van der Waals surface area contributed by atoms with Gasteiger partial charge in [0.05, 0.1) is 0 Å². The van der Waals surface area contributed by atoms with Crippen LogP contribution in [-0.4, -0.2) is 11.1 Å². The van der Waals surface area contributed by atoms with E-state index < -0.39 is 5.97 Å². The SMILES string of the molecule is Cc1cc(C(=O)O)sc1-c1ccc2c(c1)CCC2. The van der Waals surface area contributed by atoms with Crippen molar-refractivity contribution in [3.8, 4) is 10.4 Å². The van der Waals surface area contributed by atoms with E-state index in [9.17, 15) is 4.79 Å². The molecule has 2 nitrogen and oxygen atoms in total. The van der Waals surface area contributed by atoms with Gasteiger partial charge >= 0.3 is 5.97 Å². The number of hydrogen-bond acceptors (Lipinski definition) is 2. The Bertz CT molecular complexity index is 625. The number of carbonyl (C=O) groups is 1. The van der Waals surface area contributed by atoms with Crippen molar-refractivity contribution in [2.75, 3.05) is 0 Å². The van der Waals surface area contributed by atoms with Gasteiger partial charge in [0.25, 0.3) is 0 Å². The molecule has 0 fully saturated rings. The summed E-state index contributed by atoms with van der Waals surface area (Å²) in [6.45, 7) is 1.98. The molecule has 1 aliphatic carbocycles. The van der Waals surface area contributed by atoms with Crippen molar-refractivity contribution >= 4 is 17.3 Å². The third-order valence-corrected chi connectivity index (χ3v) is 4.76. The Morgan fingerprint density at radius 3 is 2.72 bits per heavy atom. The Kier molecular flexibility index (Phi) is 2.71. The largest absolute Gasteiger partial charge is 0.477 e. The second-order valence-corrected chi connectivity index (χ2v) is 5.82. The number of hydrogen-bond donors (Lipinski definition) is 1. The van der Waals surface area contributed by atoms with Crippen molar-refractivity contribution in [1.29, 1.82) is 0 Å². The van der Waals surface area contributed by atoms with Gasteiger partial charge in [-0.2, -0.15) is 0 Å². The Morgan fingerprint density at radius 2 is 2.00 bits per heavy atom. The summed E-state index contributed by atoms with van der Waals surface area (Å²) in [5.41, 5.74) is 5.09. The fraction of sp³-hybridized carbons (Fsp3) is 0.267. The van der Waals surface area contributed by atoms with E-state index in [1.165, 1.54) is 35.3 Å². The van der Waals surface area contributed by atoms with Gasteiger partial charge in [0, 0.05) is 4.88 Å². The van der Waals surface area contributed by atoms with E-state index in [1.54, 1.807) is 6.07 Å². The van der Waals surface area contributed by atoms with E-state index in [-0.39, 0.29) is 0 Å². The molecule has 0 radical (unpaired) electrons. The second-order valence-electron chi connectivity index (χ2n) is 4.76. The molecule has 0 saturated heterocycles. The lowest BCUT2D eigenvalue weighted by Gasteiger charge is -2.04. The van der Waals surface area contributed by atoms with Crippen molar-refractivity contribution in [2.45, 2.75) is 26.2 Å². The minimum Gasteiger partial charge on any atom is -0.477 e. The third kappa shape index (κ3) is 1.85. The molecule has 2 aromatic rings. The van der Waals surface area contributed by atoms with Crippen LogP contribution in [0.2, 0.25) is 0 Å². The fourth-order valence-corrected chi connectivity index (χ4v) is 3.59. The van der Waals surface area contributed by atoms with E-state index in [0.717, 1.165) is 22.4 Å². The van der Waals surface area contributed by atoms with Gasteiger partial charge in [-0.25, -0.2) is 4.79 Å². The fourth-order valence-electron chi connectivity index (χ4n) is 2.59. The molecule has 18 heavy (non-hydrogen) atoms. The molecule has 1 aromatic carbocycles. The molecule has 0 bridgehead atoms. The van der Waals surface area contributed by atoms with Crippen LogP contribution in [0.3, 0.4) is 0 Å². The third-order valence-electron chi connectivity index (χ3n) is 3.49. The van der Waals surface area contributed by atoms with Crippen LogP contribution in [0.25, 0.3) is 10.4 Å². The summed E-state index contributed by atoms with van der Waals surface area (Å²) in [5, 5.41) is 9.03. The highest BCUT2D eigenvalue weighted by Gasteiger charge is 2.15. The average molecular weight is 258 g/mol. The monoisotopic (exact) mass is 258 g/mol. The van der Waals surface area contributed by atoms with Crippen LogP contribution < -0.4 is 0 Å². The number of fused-ring (bicyclic) bond motifs is 1. The number of rotatable bonds is 2. The van der Waals surface area contributed by atoms with Gasteiger partial charge in [-0.3, -0.25) is 0 Å². The highest BCUT2D eigenvalue weighted by Crippen LogP contribution is 2.35. The smallest absolute Gasteiger partial charge is 0.345 e. The lowest BCUT2D eigenvalue weighted by atomic mass is 10.0. The molecule has 0 unspecified atom stereocenters. The molecular formula is C15H14O2S. The van der Waals surface area contributed by atoms with E-state index in [4.69, 9.17) is 5.11 Å². The van der Waals surface area contributed by atoms with Crippen molar-refractivity contribution in [3.05, 3.63) is 45.8 Å². The van der Waals surface area contributed by atoms with Gasteiger partial charge in [0.2, 0.25) is 0 Å². The van der Waals surface area contributed by atoms with Crippen LogP contribution in [-0.2, 0) is 12.8 Å². The molecule has 0 aliphatic heterocycles. The first-order chi connectivity index (χ1) is 8.65. The molecule has 0 atom stereocenters. The van der Waals surface area contributed by atoms with Gasteiger partial charge in [-0.15, -0.1) is 11.3 Å². The summed E-state index contributed by atoms with van der Waals surface area (Å²) in [6, 6.07) is 8.30. The second kappa shape index (κ2) is 4.25. The Morgan fingerprint density at radius 1 is 1.22 bits per heavy atom. The van der Waals surface area contributed by atoms with Gasteiger partial charge in [-0.1, -0.05) is 18.2 Å². The van der Waals surface area contributed by atoms with Gasteiger partial charge in [-0.05, 0) is 54.5 Å². The lowest BCUT2D eigenvalue weighted by Crippen LogP contribution is -1.89. The first-order valence-electron chi connectivity index (χ1n) is 6.11. The summed E-state index contributed by atoms with van der Waals surface area (Å²) in [5.74, 6) is -0.837. The zero-order valence-corrected chi connectivity index (χ0v) is 11.0. The predicted octanol–water partition coefficient (Wildman–Crippen LogP) is 3.91. The van der Waals surface area contributed by atoms with Crippen molar-refractivity contribution in [1.82, 2.24) is 0 Å². The van der Waals surface area contributed by atoms with Crippen molar-refractivity contribution in [2.24, 2.45) is 0 Å². The zero-order chi connectivity index (χ0) is 12.7. The van der Waals surface area contributed by atoms with Gasteiger partial charge in [0.1, 0.15) is 4.88 Å². The van der Waals surface area contributed by atoms with Crippen LogP contribution in [0.1, 0.15) is 32.8 Å². The zero-order valence-electron chi connectivity index (χ0n) is 10.2. The van der Waals surface area contributed by atoms with Gasteiger partial charge in [0.15, 0.2) is 0 Å². The topological polar surface area (TPSA) is 37.3 Å². The van der Waals surface area contributed by atoms with Crippen LogP contribution in [0.4, 0.5) is 0 Å². The minimum absolute atomic E-state index is 0.419. The van der Waals surface area contributed by atoms with Crippen LogP contribution >= 0.6 is 11.3 Å². The highest BCUT2D eigenvalue weighted by molar-refractivity contribution is 7.17. The lowest BCUT2D eigenvalue weighted by molar-refractivity contribution is 0.0702. The van der Waals surface area contributed by atoms with Crippen LogP contribution in [0.15, 0.2) is 24.3 Å². The van der Waals surface area contributed by atoms with E-state index in [2.05, 4.69) is 18.2 Å². The summed E-state index contributed by atoms with van der Waals surface area (Å²) in [4.78, 5) is 12.5. The molecule has 0 saturated carbocycles. The Hall–Kier alpha value is -1.61. The van der Waals surface area contributed by atoms with Gasteiger partial charge < -0.3 is 5.11 Å². The van der Waals surface area contributed by atoms with E-state index in [0.29, 0.717) is 4.88 Å². The molecule has 1 aromatic heterocycles. The molecule has 0 amide bonds. The van der Waals surface area contributed by atoms with Crippen molar-refractivity contribution in [3.63, 3.8) is 0 Å². The number of carboxylic acid groups (broad SMARTS) is 1. The molecule has 3 rings (SSSR count). The highest BCUT2D eigenvalue weighted by atomic mass is 32.1. The molecule has 0 spiro atoms. The first-order valence-corrected chi connectivity index (χ1v) is 6.92. The standard InChI is InChI=1S/C15H14O2S/c1-9-7-13(15(16)17)18-14(9)12-6-5-10-3-2-4-11(10)8-12/h5-8H,2-4H2,1H3,(H,16,17). The number of aromatic carboxylic acids is 1. The maximum Gasteiger partial charge on any atom is 0.345 e. The summed E-state index contributed by atoms with van der Waals surface area (Å²) >= 11 is 1.37. The molecular weight excluding hydrogens is 244 g/mol. The maximum atomic E-state index is 11.0. The Labute approximate surface area is 110 Å². The minimum atomic E-state index is -0.837. The van der Waals surface area contributed by atoms with Crippen molar-refractivity contribution < 1.29 is 9.90 Å². The number of benzene rings is 1. The molecule has 92 valence electrons. The summed E-state index contributed by atoms with van der Waals surface area (Å²) in [7, 11) is 0. The van der Waals surface area contributed by atoms with Crippen LogP contribution in [0.5, 0.6) is 0 Å². The number of carboxylic acids is 1. The normalized spacial score (nSPS) is 13.6. The predicted molar refractivity (Wildman–Crippen MR) is 73.5 cm³/mol. The average Bonchev–Trinajstić information content (AvgIpc) is 2.93. The molecule has 1 aliphatic rings. The maximum absolute atomic E-state index is 11.0. The van der Waals surface area contributed by atoms with E-state index in [1.807, 2.05) is 6.92 Å². The molecule has 1 heterocycles. The molecule has 3 heteroatoms. The molecule has 1 N–H and O–H groups in total. The Balaban J connectivity index is 2.07. The summed E-state index contributed by atoms with van der Waals surface area (Å²) < 4.78 is 0. The summed E-state index contributed by atoms with van der Waals surface area (Å²) in [6.07, 6.45) is 3.57. The number of thiophene rings is 1. The number of aryl methyl sites for hydroxylation is 3. The van der Waals surface area contributed by atoms with Crippen LogP contribution in [0, 0.1) is 6.92 Å². The first kappa shape index (κ1) is 11.5.